The van der Waals surface area contributed by atoms with Crippen molar-refractivity contribution in [1.29, 1.82) is 0 Å². The topological polar surface area (TPSA) is 33.5 Å². The van der Waals surface area contributed by atoms with E-state index in [1.165, 1.54) is 101 Å². The highest BCUT2D eigenvalue weighted by Gasteiger charge is 2.23. The van der Waals surface area contributed by atoms with Crippen LogP contribution >= 0.6 is 11.6 Å². The highest BCUT2D eigenvalue weighted by Crippen LogP contribution is 2.28. The Bertz CT molecular complexity index is 1450. The van der Waals surface area contributed by atoms with Gasteiger partial charge in [-0.3, -0.25) is 0 Å². The van der Waals surface area contributed by atoms with E-state index < -0.39 is 0 Å². The molecule has 0 N–H and O–H groups in total. The quantitative estimate of drug-likeness (QED) is 0.151. The lowest BCUT2D eigenvalue weighted by molar-refractivity contribution is 0.153. The number of halogens is 1. The van der Waals surface area contributed by atoms with Crippen LogP contribution in [0.15, 0.2) is 72.8 Å². The summed E-state index contributed by atoms with van der Waals surface area (Å²) in [6, 6.07) is 25.4. The van der Waals surface area contributed by atoms with Crippen LogP contribution in [0.1, 0.15) is 74.2 Å². The first-order chi connectivity index (χ1) is 21.6. The second-order valence-electron chi connectivity index (χ2n) is 13.1. The van der Waals surface area contributed by atoms with Crippen LogP contribution in [0.2, 0.25) is 5.02 Å². The Morgan fingerprint density at radius 1 is 0.864 bits per heavy atom. The van der Waals surface area contributed by atoms with Crippen LogP contribution in [0.3, 0.4) is 0 Å². The number of hydrogen-bond acceptors (Lipinski definition) is 4. The summed E-state index contributed by atoms with van der Waals surface area (Å²) in [5, 5.41) is 0.718. The first-order valence-electron chi connectivity index (χ1n) is 16.9. The maximum atomic E-state index is 6.14. The van der Waals surface area contributed by atoms with Gasteiger partial charge in [-0.05, 0) is 131 Å². The fraction of sp³-hybridized carbons (Fsp3) is 0.500. The van der Waals surface area contributed by atoms with Crippen LogP contribution in [0.25, 0.3) is 11.0 Å². The third-order valence-corrected chi connectivity index (χ3v) is 10.1. The Kier molecular flexibility index (Phi) is 10.9. The van der Waals surface area contributed by atoms with E-state index in [0.717, 1.165) is 41.0 Å². The van der Waals surface area contributed by atoms with E-state index in [2.05, 4.69) is 69.8 Å². The van der Waals surface area contributed by atoms with Gasteiger partial charge in [0.05, 0.1) is 11.0 Å². The Morgan fingerprint density at radius 3 is 2.48 bits per heavy atom. The Balaban J connectivity index is 1.04. The molecule has 2 saturated heterocycles. The van der Waals surface area contributed by atoms with Crippen molar-refractivity contribution in [2.45, 2.75) is 77.4 Å². The number of piperidine rings is 2. The van der Waals surface area contributed by atoms with Crippen molar-refractivity contribution >= 4 is 22.6 Å². The van der Waals surface area contributed by atoms with E-state index in [0.29, 0.717) is 12.5 Å². The monoisotopic (exact) mass is 612 g/mol. The van der Waals surface area contributed by atoms with Crippen molar-refractivity contribution in [3.05, 3.63) is 94.8 Å². The number of aryl methyl sites for hydroxylation is 2. The predicted molar refractivity (Wildman–Crippen MR) is 183 cm³/mol. The molecule has 0 radical (unpaired) electrons. The summed E-state index contributed by atoms with van der Waals surface area (Å²) >= 11 is 6.07. The maximum absolute atomic E-state index is 6.14. The first kappa shape index (κ1) is 31.1. The van der Waals surface area contributed by atoms with Crippen molar-refractivity contribution < 1.29 is 4.74 Å². The number of imidazole rings is 1. The summed E-state index contributed by atoms with van der Waals surface area (Å²) in [6.45, 7) is 11.0. The number of para-hydroxylation sites is 1. The largest absolute Gasteiger partial charge is 0.486 e. The molecule has 1 aromatic heterocycles. The summed E-state index contributed by atoms with van der Waals surface area (Å²) in [4.78, 5) is 10.5. The summed E-state index contributed by atoms with van der Waals surface area (Å²) in [6.07, 6.45) is 10.5. The predicted octanol–water partition coefficient (Wildman–Crippen LogP) is 8.73. The van der Waals surface area contributed by atoms with Gasteiger partial charge in [-0.1, -0.05) is 60.5 Å². The molecule has 0 spiro atoms. The van der Waals surface area contributed by atoms with E-state index in [-0.39, 0.29) is 0 Å². The van der Waals surface area contributed by atoms with Crippen molar-refractivity contribution in [3.8, 4) is 5.75 Å². The smallest absolute Gasteiger partial charge is 0.148 e. The molecule has 6 heteroatoms. The van der Waals surface area contributed by atoms with Gasteiger partial charge in [0, 0.05) is 24.7 Å². The number of fused-ring (bicyclic) bond motifs is 1. The Hall–Kier alpha value is -2.86. The fourth-order valence-electron chi connectivity index (χ4n) is 7.38. The average molecular weight is 613 g/mol. The van der Waals surface area contributed by atoms with Gasteiger partial charge in [0.15, 0.2) is 0 Å². The van der Waals surface area contributed by atoms with Gasteiger partial charge in [0.2, 0.25) is 0 Å². The van der Waals surface area contributed by atoms with Crippen molar-refractivity contribution in [2.24, 2.45) is 5.92 Å². The minimum atomic E-state index is 0.451. The Morgan fingerprint density at radius 2 is 1.66 bits per heavy atom. The number of rotatable bonds is 13. The SMILES string of the molecule is Cc1cccc2c1nc(COc1ccc(Cl)cc1)n2CCCC1CCCN(CCC(CN2CCCCC2)c2ccccc2)C1. The molecule has 0 amide bonds. The molecular formula is C38H49ClN4O. The van der Waals surface area contributed by atoms with Crippen molar-refractivity contribution in [1.82, 2.24) is 19.4 Å². The van der Waals surface area contributed by atoms with Gasteiger partial charge < -0.3 is 19.1 Å². The third kappa shape index (κ3) is 8.24. The molecule has 3 aromatic carbocycles. The lowest BCUT2D eigenvalue weighted by atomic mass is 9.91. The number of likely N-dealkylation sites (tertiary alicyclic amines) is 2. The van der Waals surface area contributed by atoms with E-state index in [1.807, 2.05) is 24.3 Å². The molecule has 6 rings (SSSR count). The molecule has 2 fully saturated rings. The number of ether oxygens (including phenoxy) is 1. The summed E-state index contributed by atoms with van der Waals surface area (Å²) in [5.74, 6) is 3.21. The molecule has 3 heterocycles. The second-order valence-corrected chi connectivity index (χ2v) is 13.5. The molecule has 44 heavy (non-hydrogen) atoms. The molecule has 2 atom stereocenters. The summed E-state index contributed by atoms with van der Waals surface area (Å²) in [5.41, 5.74) is 5.03. The molecule has 2 aliphatic rings. The summed E-state index contributed by atoms with van der Waals surface area (Å²) in [7, 11) is 0. The van der Waals surface area contributed by atoms with Gasteiger partial charge in [0.1, 0.15) is 18.2 Å². The zero-order valence-electron chi connectivity index (χ0n) is 26.5. The maximum Gasteiger partial charge on any atom is 0.148 e. The minimum absolute atomic E-state index is 0.451. The zero-order chi connectivity index (χ0) is 30.1. The molecule has 5 nitrogen and oxygen atoms in total. The molecule has 0 bridgehead atoms. The van der Waals surface area contributed by atoms with Crippen LogP contribution in [0.5, 0.6) is 5.75 Å². The van der Waals surface area contributed by atoms with Gasteiger partial charge in [-0.2, -0.15) is 0 Å². The Labute approximate surface area is 269 Å². The van der Waals surface area contributed by atoms with E-state index in [9.17, 15) is 0 Å². The van der Waals surface area contributed by atoms with Gasteiger partial charge in [-0.25, -0.2) is 4.98 Å². The third-order valence-electron chi connectivity index (χ3n) is 9.83. The molecule has 2 unspecified atom stereocenters. The average Bonchev–Trinajstić information content (AvgIpc) is 3.42. The number of benzene rings is 3. The van der Waals surface area contributed by atoms with Crippen molar-refractivity contribution in [3.63, 3.8) is 0 Å². The van der Waals surface area contributed by atoms with E-state index >= 15 is 0 Å². The normalized spacial score (nSPS) is 18.9. The summed E-state index contributed by atoms with van der Waals surface area (Å²) < 4.78 is 8.53. The van der Waals surface area contributed by atoms with E-state index in [4.69, 9.17) is 21.3 Å². The number of hydrogen-bond donors (Lipinski definition) is 0. The standard InChI is InChI=1S/C38H49ClN4O/c1-30-11-8-16-36-38(30)40-37(29-44-35-19-17-34(39)18-20-35)43(36)25-10-13-31-12-9-24-42(27-31)26-21-33(32-14-4-2-5-15-32)28-41-22-6-3-7-23-41/h2,4-5,8,11,14-20,31,33H,3,6-7,9-10,12-13,21-29H2,1H3. The molecule has 0 saturated carbocycles. The molecular weight excluding hydrogens is 564 g/mol. The van der Waals surface area contributed by atoms with E-state index in [1.54, 1.807) is 0 Å². The highest BCUT2D eigenvalue weighted by molar-refractivity contribution is 6.30. The lowest BCUT2D eigenvalue weighted by Crippen LogP contribution is -2.38. The van der Waals surface area contributed by atoms with Crippen LogP contribution in [-0.4, -0.2) is 58.6 Å². The van der Waals surface area contributed by atoms with Gasteiger partial charge in [0.25, 0.3) is 0 Å². The van der Waals surface area contributed by atoms with Crippen LogP contribution in [0.4, 0.5) is 0 Å². The van der Waals surface area contributed by atoms with Crippen LogP contribution in [0, 0.1) is 12.8 Å². The first-order valence-corrected chi connectivity index (χ1v) is 17.3. The van der Waals surface area contributed by atoms with Crippen LogP contribution in [-0.2, 0) is 13.2 Å². The van der Waals surface area contributed by atoms with Crippen molar-refractivity contribution in [2.75, 3.05) is 39.3 Å². The van der Waals surface area contributed by atoms with Gasteiger partial charge >= 0.3 is 0 Å². The number of aromatic nitrogens is 2. The second kappa shape index (κ2) is 15.4. The van der Waals surface area contributed by atoms with Gasteiger partial charge in [-0.15, -0.1) is 0 Å². The highest BCUT2D eigenvalue weighted by atomic mass is 35.5. The minimum Gasteiger partial charge on any atom is -0.486 e. The lowest BCUT2D eigenvalue weighted by Gasteiger charge is -2.35. The molecule has 0 aliphatic carbocycles. The molecule has 4 aromatic rings. The molecule has 234 valence electrons. The zero-order valence-corrected chi connectivity index (χ0v) is 27.2. The fourth-order valence-corrected chi connectivity index (χ4v) is 7.51. The molecule has 2 aliphatic heterocycles. The number of nitrogens with zero attached hydrogens (tertiary/aromatic N) is 4. The van der Waals surface area contributed by atoms with Crippen LogP contribution < -0.4 is 4.74 Å².